The Balaban J connectivity index is 1.23. The first kappa shape index (κ1) is 47.8. The second kappa shape index (κ2) is 23.3. The molecule has 0 radical (unpaired) electrons. The monoisotopic (exact) mass is 917 g/mol. The number of carboxylic acids is 1. The molecule has 3 N–H and O–H groups in total. The van der Waals surface area contributed by atoms with Gasteiger partial charge in [0.1, 0.15) is 24.4 Å². The molecule has 67 heavy (non-hydrogen) atoms. The molecule has 2 bridgehead atoms. The normalized spacial score (nSPS) is 18.9. The summed E-state index contributed by atoms with van der Waals surface area (Å²) in [6.45, 7) is -0.299. The highest BCUT2D eigenvalue weighted by Gasteiger charge is 2.36. The Morgan fingerprint density at radius 2 is 1.30 bits per heavy atom. The lowest BCUT2D eigenvalue weighted by atomic mass is 9.88. The van der Waals surface area contributed by atoms with E-state index < -0.39 is 59.4 Å². The molecule has 3 heterocycles. The number of benzene rings is 5. The Labute approximate surface area is 395 Å². The molecule has 0 aliphatic carbocycles. The molecule has 0 saturated carbocycles. The summed E-state index contributed by atoms with van der Waals surface area (Å²) in [6, 6.07) is 43.3. The first-order chi connectivity index (χ1) is 32.5. The Bertz CT molecular complexity index is 2590. The number of rotatable bonds is 13. The van der Waals surface area contributed by atoms with Crippen molar-refractivity contribution >= 4 is 46.6 Å². The maximum Gasteiger partial charge on any atom is 0.326 e. The molecule has 1 aromatic heterocycles. The van der Waals surface area contributed by atoms with Crippen molar-refractivity contribution in [2.24, 2.45) is 11.8 Å². The van der Waals surface area contributed by atoms with Gasteiger partial charge in [0.15, 0.2) is 11.6 Å². The van der Waals surface area contributed by atoms with Crippen LogP contribution in [0.15, 0.2) is 157 Å². The van der Waals surface area contributed by atoms with Gasteiger partial charge in [0, 0.05) is 49.4 Å². The number of thiophene rings is 1. The highest BCUT2D eigenvalue weighted by molar-refractivity contribution is 7.09. The number of fused-ring (bicyclic) bond motifs is 16. The zero-order chi connectivity index (χ0) is 47.1. The fourth-order valence-corrected chi connectivity index (χ4v) is 9.26. The van der Waals surface area contributed by atoms with Crippen LogP contribution in [0, 0.1) is 11.8 Å². The number of nitrogens with zero attached hydrogens (tertiary/aromatic N) is 1. The molecule has 0 saturated heterocycles. The molecule has 2 aliphatic rings. The average molecular weight is 918 g/mol. The molecule has 5 aromatic carbocycles. The summed E-state index contributed by atoms with van der Waals surface area (Å²) in [7, 11) is 1.44. The molecule has 5 atom stereocenters. The minimum absolute atomic E-state index is 0.0515. The number of ketones is 2. The SMILES string of the molecule is CN(C(=O)[C@H]1CC(=O)[C@H](CCc2ccccc2)NC(=O)[C@@H](Cc2ccc(-c3ccccc3)cc2)NC(=O)[C@H](Cc2cccs2)CC(=O)COc2ccc(cc2)C1)[C@@H](Cc1ccccc1)C(=O)O. The van der Waals surface area contributed by atoms with E-state index in [2.05, 4.69) is 10.6 Å². The van der Waals surface area contributed by atoms with Crippen molar-refractivity contribution in [3.8, 4) is 16.9 Å². The largest absolute Gasteiger partial charge is 0.486 e. The maximum atomic E-state index is 14.8. The zero-order valence-electron chi connectivity index (χ0n) is 37.4. The van der Waals surface area contributed by atoms with Crippen molar-refractivity contribution in [3.63, 3.8) is 0 Å². The summed E-state index contributed by atoms with van der Waals surface area (Å²) in [5, 5.41) is 18.3. The van der Waals surface area contributed by atoms with E-state index in [0.29, 0.717) is 17.7 Å². The molecular weight excluding hydrogens is 863 g/mol. The molecule has 8 rings (SSSR count). The lowest BCUT2D eigenvalue weighted by molar-refractivity contribution is -0.151. The molecule has 12 heteroatoms. The summed E-state index contributed by atoms with van der Waals surface area (Å²) in [5.41, 5.74) is 5.10. The minimum atomic E-state index is -1.22. The van der Waals surface area contributed by atoms with Gasteiger partial charge in [0.25, 0.3) is 0 Å². The Hall–Kier alpha value is -7.18. The van der Waals surface area contributed by atoms with E-state index in [1.165, 1.54) is 23.3 Å². The third-order valence-electron chi connectivity index (χ3n) is 12.3. The fourth-order valence-electron chi connectivity index (χ4n) is 8.47. The molecule has 0 fully saturated rings. The van der Waals surface area contributed by atoms with Crippen LogP contribution in [0.2, 0.25) is 0 Å². The Morgan fingerprint density at radius 1 is 0.672 bits per heavy atom. The number of carbonyl (C=O) groups excluding carboxylic acids is 5. The van der Waals surface area contributed by atoms with Crippen molar-refractivity contribution in [1.29, 1.82) is 0 Å². The minimum Gasteiger partial charge on any atom is -0.486 e. The summed E-state index contributed by atoms with van der Waals surface area (Å²) < 4.78 is 5.90. The molecule has 6 aromatic rings. The van der Waals surface area contributed by atoms with Crippen molar-refractivity contribution in [2.45, 2.75) is 69.5 Å². The average Bonchev–Trinajstić information content (AvgIpc) is 3.87. The van der Waals surface area contributed by atoms with Gasteiger partial charge in [0.2, 0.25) is 17.7 Å². The van der Waals surface area contributed by atoms with Crippen LogP contribution < -0.4 is 15.4 Å². The highest BCUT2D eigenvalue weighted by Crippen LogP contribution is 2.25. The number of ether oxygens (including phenoxy) is 1. The van der Waals surface area contributed by atoms with E-state index in [-0.39, 0.29) is 57.3 Å². The van der Waals surface area contributed by atoms with Gasteiger partial charge in [-0.3, -0.25) is 24.0 Å². The molecule has 344 valence electrons. The quantitative estimate of drug-likeness (QED) is 0.106. The standard InChI is InChI=1S/C55H55N3O8S/c1-58(50(55(64)65)32-38-14-7-3-8-15-38)54(63)44-30-39-21-26-46(27-22-39)66-36-45(59)33-43(34-47-18-11-29-67-47)52(61)57-49(31-40-19-24-42(25-20-40)41-16-9-4-10-17-41)53(62)56-48(51(60)35-44)28-23-37-12-5-2-6-13-37/h2-22,24-27,29,43-44,48-50H,23,28,30-36H2,1H3,(H,56,62)(H,57,61)(H,64,65)/t43-,44+,48-,49+,50-/m0/s1. The van der Waals surface area contributed by atoms with Crippen molar-refractivity contribution in [3.05, 3.63) is 184 Å². The second-order valence-corrected chi connectivity index (χ2v) is 18.2. The van der Waals surface area contributed by atoms with Crippen LogP contribution in [0.1, 0.15) is 46.4 Å². The summed E-state index contributed by atoms with van der Waals surface area (Å²) in [6.07, 6.45) is 0.618. The van der Waals surface area contributed by atoms with Gasteiger partial charge in [-0.15, -0.1) is 11.3 Å². The van der Waals surface area contributed by atoms with E-state index in [0.717, 1.165) is 32.7 Å². The van der Waals surface area contributed by atoms with Crippen LogP contribution in [-0.4, -0.2) is 77.0 Å². The van der Waals surface area contributed by atoms with E-state index in [1.54, 1.807) is 48.5 Å². The lowest BCUT2D eigenvalue weighted by Gasteiger charge is -2.30. The van der Waals surface area contributed by atoms with Crippen LogP contribution in [-0.2, 0) is 60.9 Å². The number of likely N-dealkylation sites (N-methyl/N-ethyl adjacent to an activating group) is 1. The molecule has 0 spiro atoms. The Kier molecular flexibility index (Phi) is 16.6. The summed E-state index contributed by atoms with van der Waals surface area (Å²) in [4.78, 5) is 87.0. The van der Waals surface area contributed by atoms with Gasteiger partial charge in [-0.2, -0.15) is 0 Å². The van der Waals surface area contributed by atoms with Gasteiger partial charge in [-0.25, -0.2) is 4.79 Å². The molecule has 2 aliphatic heterocycles. The molecule has 11 nitrogen and oxygen atoms in total. The number of nitrogens with one attached hydrogen (secondary N) is 2. The predicted octanol–water partition coefficient (Wildman–Crippen LogP) is 7.74. The summed E-state index contributed by atoms with van der Waals surface area (Å²) >= 11 is 1.47. The molecular formula is C55H55N3O8S. The first-order valence-corrected chi connectivity index (χ1v) is 23.5. The molecule has 0 unspecified atom stereocenters. The molecule has 3 amide bonds. The van der Waals surface area contributed by atoms with E-state index in [4.69, 9.17) is 4.74 Å². The van der Waals surface area contributed by atoms with Gasteiger partial charge >= 0.3 is 5.97 Å². The van der Waals surface area contributed by atoms with Crippen molar-refractivity contribution in [2.75, 3.05) is 13.7 Å². The number of carboxylic acid groups (broad SMARTS) is 1. The van der Waals surface area contributed by atoms with Crippen molar-refractivity contribution < 1.29 is 38.6 Å². The van der Waals surface area contributed by atoms with E-state index in [1.807, 2.05) is 109 Å². The van der Waals surface area contributed by atoms with E-state index in [9.17, 15) is 33.9 Å². The fraction of sp³-hybridized carbons (Fsp3) is 0.273. The third kappa shape index (κ3) is 13.7. The van der Waals surface area contributed by atoms with Crippen LogP contribution >= 0.6 is 11.3 Å². The number of hydrogen-bond acceptors (Lipinski definition) is 8. The zero-order valence-corrected chi connectivity index (χ0v) is 38.2. The smallest absolute Gasteiger partial charge is 0.326 e. The van der Waals surface area contributed by atoms with Gasteiger partial charge in [-0.1, -0.05) is 133 Å². The highest BCUT2D eigenvalue weighted by atomic mass is 32.1. The van der Waals surface area contributed by atoms with Crippen molar-refractivity contribution in [1.82, 2.24) is 15.5 Å². The number of carbonyl (C=O) groups is 6. The number of amides is 3. The predicted molar refractivity (Wildman–Crippen MR) is 258 cm³/mol. The Morgan fingerprint density at radius 3 is 1.94 bits per heavy atom. The number of Topliss-reactive ketones (excluding diaryl/α,β-unsaturated/α-hetero) is 2. The van der Waals surface area contributed by atoms with Crippen LogP contribution in [0.5, 0.6) is 5.75 Å². The van der Waals surface area contributed by atoms with Gasteiger partial charge < -0.3 is 25.4 Å². The van der Waals surface area contributed by atoms with E-state index >= 15 is 0 Å². The second-order valence-electron chi connectivity index (χ2n) is 17.1. The lowest BCUT2D eigenvalue weighted by Crippen LogP contribution is -2.54. The summed E-state index contributed by atoms with van der Waals surface area (Å²) in [5.74, 6) is -4.98. The number of hydrogen-bond donors (Lipinski definition) is 3. The topological polar surface area (TPSA) is 159 Å². The maximum absolute atomic E-state index is 14.8. The van der Waals surface area contributed by atoms with Crippen LogP contribution in [0.4, 0.5) is 0 Å². The number of aryl methyl sites for hydroxylation is 1. The third-order valence-corrected chi connectivity index (χ3v) is 13.1. The van der Waals surface area contributed by atoms with Gasteiger partial charge in [-0.05, 0) is 82.6 Å². The number of aliphatic carboxylic acids is 1. The van der Waals surface area contributed by atoms with Crippen LogP contribution in [0.25, 0.3) is 11.1 Å². The van der Waals surface area contributed by atoms with Gasteiger partial charge in [0.05, 0.1) is 6.04 Å². The first-order valence-electron chi connectivity index (χ1n) is 22.6. The van der Waals surface area contributed by atoms with Crippen LogP contribution in [0.3, 0.4) is 0 Å².